The summed E-state index contributed by atoms with van der Waals surface area (Å²) >= 11 is 6.52. The van der Waals surface area contributed by atoms with E-state index in [9.17, 15) is 4.79 Å². The van der Waals surface area contributed by atoms with Crippen molar-refractivity contribution < 1.29 is 4.42 Å². The molecule has 6 nitrogen and oxygen atoms in total. The molecule has 5 rings (SSSR count). The number of halogens is 1. The van der Waals surface area contributed by atoms with E-state index in [4.69, 9.17) is 4.42 Å². The lowest BCUT2D eigenvalue weighted by molar-refractivity contribution is 0.466. The number of pyridine rings is 1. The van der Waals surface area contributed by atoms with Gasteiger partial charge < -0.3 is 4.42 Å². The number of fused-ring (bicyclic) bond motifs is 2. The second kappa shape index (κ2) is 7.70. The zero-order chi connectivity index (χ0) is 20.0. The molecule has 1 atom stereocenters. The van der Waals surface area contributed by atoms with E-state index in [1.807, 2.05) is 12.1 Å². The van der Waals surface area contributed by atoms with Crippen LogP contribution in [0, 0.1) is 5.92 Å². The van der Waals surface area contributed by atoms with Crippen LogP contribution in [0.15, 0.2) is 49.4 Å². The van der Waals surface area contributed by atoms with Crippen molar-refractivity contribution in [3.8, 4) is 10.8 Å². The first-order chi connectivity index (χ1) is 14.0. The highest BCUT2D eigenvalue weighted by molar-refractivity contribution is 9.10. The summed E-state index contributed by atoms with van der Waals surface area (Å²) in [5.74, 6) is 1.79. The average molecular weight is 489 g/mol. The molecule has 0 N–H and O–H groups in total. The smallest absolute Gasteiger partial charge is 0.277 e. The standard InChI is InChI=1S/C20H17BrN4O2S2/c1-11-2-4-15-12(6-11)7-16(29-15)19-23-24-20(27-19)28-10-14-8-18(26)25-9-13(21)3-5-17(25)22-14/h3,5,7-9,11H,2,4,6,10H2,1H3/t11-/m1/s1. The van der Waals surface area contributed by atoms with Crippen LogP contribution in [-0.2, 0) is 18.6 Å². The highest BCUT2D eigenvalue weighted by atomic mass is 79.9. The topological polar surface area (TPSA) is 73.3 Å². The van der Waals surface area contributed by atoms with Crippen molar-refractivity contribution in [2.45, 2.75) is 37.2 Å². The van der Waals surface area contributed by atoms with Crippen LogP contribution in [0.2, 0.25) is 0 Å². The van der Waals surface area contributed by atoms with Crippen LogP contribution in [-0.4, -0.2) is 19.6 Å². The van der Waals surface area contributed by atoms with E-state index in [1.54, 1.807) is 17.5 Å². The molecule has 29 heavy (non-hydrogen) atoms. The monoisotopic (exact) mass is 488 g/mol. The van der Waals surface area contributed by atoms with Gasteiger partial charge in [-0.05, 0) is 64.9 Å². The Bertz CT molecular complexity index is 1260. The molecule has 0 radical (unpaired) electrons. The first kappa shape index (κ1) is 19.0. The van der Waals surface area contributed by atoms with Crippen LogP contribution >= 0.6 is 39.0 Å². The van der Waals surface area contributed by atoms with Crippen LogP contribution < -0.4 is 5.56 Å². The summed E-state index contributed by atoms with van der Waals surface area (Å²) in [6.45, 7) is 2.30. The summed E-state index contributed by atoms with van der Waals surface area (Å²) in [5, 5.41) is 8.86. The van der Waals surface area contributed by atoms with Crippen molar-refractivity contribution in [2.24, 2.45) is 5.92 Å². The maximum Gasteiger partial charge on any atom is 0.277 e. The van der Waals surface area contributed by atoms with Gasteiger partial charge in [-0.3, -0.25) is 9.20 Å². The first-order valence-corrected chi connectivity index (χ1v) is 11.9. The van der Waals surface area contributed by atoms with Gasteiger partial charge in [0.1, 0.15) is 5.65 Å². The molecule has 1 aliphatic rings. The van der Waals surface area contributed by atoms with E-state index in [0.717, 1.165) is 28.1 Å². The number of aryl methyl sites for hydroxylation is 1. The van der Waals surface area contributed by atoms with Gasteiger partial charge in [-0.2, -0.15) is 0 Å². The van der Waals surface area contributed by atoms with Crippen molar-refractivity contribution in [1.29, 1.82) is 0 Å². The Morgan fingerprint density at radius 2 is 2.24 bits per heavy atom. The summed E-state index contributed by atoms with van der Waals surface area (Å²) in [6.07, 6.45) is 5.22. The molecule has 148 valence electrons. The van der Waals surface area contributed by atoms with E-state index in [2.05, 4.69) is 44.1 Å². The highest BCUT2D eigenvalue weighted by Crippen LogP contribution is 2.37. The Labute approximate surface area is 183 Å². The normalized spacial score (nSPS) is 16.3. The van der Waals surface area contributed by atoms with Gasteiger partial charge in [0.25, 0.3) is 16.7 Å². The zero-order valence-corrected chi connectivity index (χ0v) is 18.8. The minimum Gasteiger partial charge on any atom is -0.410 e. The first-order valence-electron chi connectivity index (χ1n) is 9.31. The Hall–Kier alpha value is -1.97. The molecule has 0 amide bonds. The van der Waals surface area contributed by atoms with Crippen LogP contribution in [0.5, 0.6) is 0 Å². The Kier molecular flexibility index (Phi) is 5.05. The van der Waals surface area contributed by atoms with Crippen molar-refractivity contribution in [3.63, 3.8) is 0 Å². The van der Waals surface area contributed by atoms with Gasteiger partial charge in [0.05, 0.1) is 10.6 Å². The van der Waals surface area contributed by atoms with Gasteiger partial charge in [0, 0.05) is 27.4 Å². The average Bonchev–Trinajstić information content (AvgIpc) is 3.33. The zero-order valence-electron chi connectivity index (χ0n) is 15.6. The third-order valence-electron chi connectivity index (χ3n) is 4.97. The maximum atomic E-state index is 12.3. The maximum absolute atomic E-state index is 12.3. The molecule has 9 heteroatoms. The van der Waals surface area contributed by atoms with Crippen molar-refractivity contribution >= 4 is 44.7 Å². The van der Waals surface area contributed by atoms with E-state index in [1.165, 1.54) is 39.1 Å². The molecule has 1 aliphatic carbocycles. The lowest BCUT2D eigenvalue weighted by Crippen LogP contribution is -2.15. The molecule has 4 aromatic heterocycles. The van der Waals surface area contributed by atoms with E-state index >= 15 is 0 Å². The van der Waals surface area contributed by atoms with Crippen LogP contribution in [0.3, 0.4) is 0 Å². The predicted octanol–water partition coefficient (Wildman–Crippen LogP) is 4.99. The van der Waals surface area contributed by atoms with Gasteiger partial charge in [0.15, 0.2) is 0 Å². The highest BCUT2D eigenvalue weighted by Gasteiger charge is 2.21. The van der Waals surface area contributed by atoms with Gasteiger partial charge in [-0.1, -0.05) is 18.7 Å². The summed E-state index contributed by atoms with van der Waals surface area (Å²) in [4.78, 5) is 19.3. The third-order valence-corrected chi connectivity index (χ3v) is 7.51. The number of hydrogen-bond acceptors (Lipinski definition) is 7. The second-order valence-corrected chi connectivity index (χ2v) is 10.2. The molecule has 4 aromatic rings. The summed E-state index contributed by atoms with van der Waals surface area (Å²) in [7, 11) is 0. The van der Waals surface area contributed by atoms with Crippen LogP contribution in [0.1, 0.15) is 29.5 Å². The largest absolute Gasteiger partial charge is 0.410 e. The van der Waals surface area contributed by atoms with Crippen molar-refractivity contribution in [2.75, 3.05) is 0 Å². The van der Waals surface area contributed by atoms with Crippen molar-refractivity contribution in [1.82, 2.24) is 19.6 Å². The number of nitrogens with zero attached hydrogens (tertiary/aromatic N) is 4. The number of aromatic nitrogens is 4. The second-order valence-electron chi connectivity index (χ2n) is 7.23. The predicted molar refractivity (Wildman–Crippen MR) is 118 cm³/mol. The summed E-state index contributed by atoms with van der Waals surface area (Å²) in [6, 6.07) is 7.41. The fourth-order valence-electron chi connectivity index (χ4n) is 3.51. The Morgan fingerprint density at radius 1 is 1.34 bits per heavy atom. The number of thiophene rings is 1. The van der Waals surface area contributed by atoms with Gasteiger partial charge >= 0.3 is 0 Å². The number of thioether (sulfide) groups is 1. The molecule has 0 bridgehead atoms. The minimum atomic E-state index is -0.114. The van der Waals surface area contributed by atoms with E-state index in [0.29, 0.717) is 28.2 Å². The molecule has 0 spiro atoms. The van der Waals surface area contributed by atoms with Crippen LogP contribution in [0.4, 0.5) is 0 Å². The molecule has 0 unspecified atom stereocenters. The van der Waals surface area contributed by atoms with Crippen molar-refractivity contribution in [3.05, 3.63) is 61.4 Å². The minimum absolute atomic E-state index is 0.114. The quantitative estimate of drug-likeness (QED) is 0.377. The Morgan fingerprint density at radius 3 is 3.14 bits per heavy atom. The molecular weight excluding hydrogens is 472 g/mol. The van der Waals surface area contributed by atoms with Crippen LogP contribution in [0.25, 0.3) is 16.4 Å². The van der Waals surface area contributed by atoms with E-state index < -0.39 is 0 Å². The SMILES string of the molecule is C[C@@H]1CCc2sc(-c3nnc(SCc4cc(=O)n5cc(Br)ccc5n4)o3)cc2C1. The lowest BCUT2D eigenvalue weighted by atomic mass is 9.90. The number of rotatable bonds is 4. The number of hydrogen-bond donors (Lipinski definition) is 0. The van der Waals surface area contributed by atoms with Gasteiger partial charge in [-0.15, -0.1) is 21.5 Å². The molecule has 4 heterocycles. The molecule has 0 saturated heterocycles. The molecule has 0 aromatic carbocycles. The van der Waals surface area contributed by atoms with Gasteiger partial charge in [0.2, 0.25) is 0 Å². The molecule has 0 fully saturated rings. The summed E-state index contributed by atoms with van der Waals surface area (Å²) in [5.41, 5.74) is 2.60. The van der Waals surface area contributed by atoms with E-state index in [-0.39, 0.29) is 5.56 Å². The lowest BCUT2D eigenvalue weighted by Gasteiger charge is -2.16. The third kappa shape index (κ3) is 3.91. The molecule has 0 aliphatic heterocycles. The Balaban J connectivity index is 1.33. The molecular formula is C20H17BrN4O2S2. The van der Waals surface area contributed by atoms with Gasteiger partial charge in [-0.25, -0.2) is 4.98 Å². The summed E-state index contributed by atoms with van der Waals surface area (Å²) < 4.78 is 8.21. The fourth-order valence-corrected chi connectivity index (χ4v) is 5.64. The molecule has 0 saturated carbocycles. The fraction of sp³-hybridized carbons (Fsp3) is 0.300.